The lowest BCUT2D eigenvalue weighted by molar-refractivity contribution is -0.140. The minimum absolute atomic E-state index is 0.0457. The lowest BCUT2D eigenvalue weighted by Crippen LogP contribution is -2.54. The van der Waals surface area contributed by atoms with Gasteiger partial charge in [-0.2, -0.15) is 0 Å². The van der Waals surface area contributed by atoms with Crippen LogP contribution in [0.1, 0.15) is 42.3 Å². The summed E-state index contributed by atoms with van der Waals surface area (Å²) in [5.74, 6) is -1.17. The van der Waals surface area contributed by atoms with Crippen molar-refractivity contribution in [2.45, 2.75) is 45.8 Å². The van der Waals surface area contributed by atoms with Gasteiger partial charge < -0.3 is 10.2 Å². The number of ketones is 1. The number of carbonyl (C=O) groups excluding carboxylic acids is 3. The number of rotatable bonds is 12. The minimum atomic E-state index is -3.93. The van der Waals surface area contributed by atoms with E-state index in [2.05, 4.69) is 5.32 Å². The molecule has 3 aromatic carbocycles. The van der Waals surface area contributed by atoms with Crippen molar-refractivity contribution in [3.8, 4) is 0 Å². The van der Waals surface area contributed by atoms with Crippen LogP contribution in [0.25, 0.3) is 0 Å². The van der Waals surface area contributed by atoms with Gasteiger partial charge in [0.15, 0.2) is 5.78 Å². The molecule has 0 aliphatic heterocycles. The molecule has 0 radical (unpaired) electrons. The van der Waals surface area contributed by atoms with Gasteiger partial charge in [-0.05, 0) is 56.2 Å². The number of hydrogen-bond acceptors (Lipinski definition) is 5. The molecule has 40 heavy (non-hydrogen) atoms. The summed E-state index contributed by atoms with van der Waals surface area (Å²) in [5.41, 5.74) is 2.06. The van der Waals surface area contributed by atoms with Gasteiger partial charge in [0.2, 0.25) is 21.8 Å². The molecular weight excluding hydrogens is 550 g/mol. The van der Waals surface area contributed by atoms with Crippen LogP contribution in [-0.4, -0.2) is 55.8 Å². The highest BCUT2D eigenvalue weighted by atomic mass is 35.5. The first kappa shape index (κ1) is 30.8. The van der Waals surface area contributed by atoms with Crippen LogP contribution in [-0.2, 0) is 32.6 Å². The number of nitrogens with one attached hydrogen (secondary N) is 1. The lowest BCUT2D eigenvalue weighted by atomic mass is 10.0. The molecule has 0 heterocycles. The van der Waals surface area contributed by atoms with Crippen molar-refractivity contribution in [1.82, 2.24) is 10.2 Å². The van der Waals surface area contributed by atoms with Crippen LogP contribution in [0.2, 0.25) is 5.02 Å². The first-order valence-electron chi connectivity index (χ1n) is 12.8. The second-order valence-corrected chi connectivity index (χ2v) is 12.2. The Kier molecular flexibility index (Phi) is 10.5. The molecule has 1 atom stereocenters. The number of Topliss-reactive ketones (excluding diaryl/α,β-unsaturated/α-hetero) is 1. The van der Waals surface area contributed by atoms with E-state index in [1.54, 1.807) is 36.4 Å². The predicted octanol–water partition coefficient (Wildman–Crippen LogP) is 4.47. The van der Waals surface area contributed by atoms with Crippen LogP contribution in [0.15, 0.2) is 78.9 Å². The second kappa shape index (κ2) is 13.6. The first-order chi connectivity index (χ1) is 18.8. The van der Waals surface area contributed by atoms with Crippen molar-refractivity contribution in [3.63, 3.8) is 0 Å². The average molecular weight is 584 g/mol. The zero-order valence-electron chi connectivity index (χ0n) is 23.0. The van der Waals surface area contributed by atoms with Crippen LogP contribution in [0, 0.1) is 0 Å². The number of sulfonamides is 1. The van der Waals surface area contributed by atoms with E-state index >= 15 is 0 Å². The Bertz CT molecular complexity index is 1440. The average Bonchev–Trinajstić information content (AvgIpc) is 2.89. The van der Waals surface area contributed by atoms with E-state index in [4.69, 9.17) is 11.6 Å². The third kappa shape index (κ3) is 8.66. The van der Waals surface area contributed by atoms with Gasteiger partial charge in [0.1, 0.15) is 12.6 Å². The Morgan fingerprint density at radius 1 is 0.900 bits per heavy atom. The topological polar surface area (TPSA) is 104 Å². The van der Waals surface area contributed by atoms with Gasteiger partial charge in [0, 0.05) is 29.6 Å². The van der Waals surface area contributed by atoms with Crippen molar-refractivity contribution in [1.29, 1.82) is 0 Å². The van der Waals surface area contributed by atoms with E-state index in [0.717, 1.165) is 21.7 Å². The Morgan fingerprint density at radius 2 is 1.55 bits per heavy atom. The van der Waals surface area contributed by atoms with E-state index in [9.17, 15) is 22.8 Å². The van der Waals surface area contributed by atoms with E-state index in [1.165, 1.54) is 24.0 Å². The Balaban J connectivity index is 2.07. The molecule has 0 fully saturated rings. The Morgan fingerprint density at radius 3 is 2.12 bits per heavy atom. The fourth-order valence-corrected chi connectivity index (χ4v) is 5.18. The molecule has 3 aromatic rings. The van der Waals surface area contributed by atoms with Gasteiger partial charge in [0.25, 0.3) is 0 Å². The summed E-state index contributed by atoms with van der Waals surface area (Å²) in [7, 11) is -3.93. The van der Waals surface area contributed by atoms with E-state index < -0.39 is 28.5 Å². The maximum absolute atomic E-state index is 14.0. The zero-order chi connectivity index (χ0) is 29.4. The molecule has 0 aromatic heterocycles. The number of halogens is 1. The lowest BCUT2D eigenvalue weighted by Gasteiger charge is -2.34. The number of amides is 2. The van der Waals surface area contributed by atoms with Crippen molar-refractivity contribution >= 4 is 44.9 Å². The zero-order valence-corrected chi connectivity index (χ0v) is 24.6. The summed E-state index contributed by atoms with van der Waals surface area (Å²) in [5, 5.41) is 3.43. The van der Waals surface area contributed by atoms with E-state index in [-0.39, 0.29) is 36.4 Å². The SMILES string of the molecule is CC(=O)c1cccc(N(CC(=O)N(Cc2ccc(Cl)cc2)C(Cc2ccccc2)C(=O)NC(C)C)S(C)(=O)=O)c1. The number of carbonyl (C=O) groups is 3. The first-order valence-corrected chi connectivity index (χ1v) is 15.0. The maximum Gasteiger partial charge on any atom is 0.244 e. The molecule has 0 spiro atoms. The van der Waals surface area contributed by atoms with Gasteiger partial charge in [-0.3, -0.25) is 18.7 Å². The van der Waals surface area contributed by atoms with Crippen molar-refractivity contribution in [2.24, 2.45) is 0 Å². The molecule has 0 saturated heterocycles. The highest BCUT2D eigenvalue weighted by Gasteiger charge is 2.33. The van der Waals surface area contributed by atoms with Crippen LogP contribution < -0.4 is 9.62 Å². The smallest absolute Gasteiger partial charge is 0.244 e. The van der Waals surface area contributed by atoms with Crippen molar-refractivity contribution in [3.05, 3.63) is 101 Å². The molecule has 0 bridgehead atoms. The highest BCUT2D eigenvalue weighted by molar-refractivity contribution is 7.92. The number of hydrogen-bond donors (Lipinski definition) is 1. The summed E-state index contributed by atoms with van der Waals surface area (Å²) < 4.78 is 26.7. The standard InChI is InChI=1S/C30H34ClN3O5S/c1-21(2)32-30(37)28(17-23-9-6-5-7-10-23)33(19-24-13-15-26(31)16-14-24)29(36)20-34(40(4,38)39)27-12-8-11-25(18-27)22(3)35/h5-16,18,21,28H,17,19-20H2,1-4H3,(H,32,37). The number of benzene rings is 3. The highest BCUT2D eigenvalue weighted by Crippen LogP contribution is 2.22. The summed E-state index contributed by atoms with van der Waals surface area (Å²) in [6.07, 6.45) is 1.22. The molecule has 10 heteroatoms. The predicted molar refractivity (Wildman–Crippen MR) is 158 cm³/mol. The normalized spacial score (nSPS) is 12.1. The van der Waals surface area contributed by atoms with Gasteiger partial charge >= 0.3 is 0 Å². The largest absolute Gasteiger partial charge is 0.352 e. The summed E-state index contributed by atoms with van der Waals surface area (Å²) in [6.45, 7) is 4.52. The monoisotopic (exact) mass is 583 g/mol. The van der Waals surface area contributed by atoms with Gasteiger partial charge in [-0.25, -0.2) is 8.42 Å². The Labute approximate surface area is 241 Å². The fraction of sp³-hybridized carbons (Fsp3) is 0.300. The third-order valence-electron chi connectivity index (χ3n) is 6.19. The minimum Gasteiger partial charge on any atom is -0.352 e. The van der Waals surface area contributed by atoms with Crippen LogP contribution in [0.3, 0.4) is 0 Å². The van der Waals surface area contributed by atoms with Gasteiger partial charge in [-0.1, -0.05) is 66.2 Å². The molecule has 0 aliphatic carbocycles. The number of anilines is 1. The Hall–Kier alpha value is -3.69. The molecule has 212 valence electrons. The third-order valence-corrected chi connectivity index (χ3v) is 7.58. The summed E-state index contributed by atoms with van der Waals surface area (Å²) in [6, 6.07) is 21.2. The van der Waals surface area contributed by atoms with E-state index in [1.807, 2.05) is 44.2 Å². The van der Waals surface area contributed by atoms with Crippen molar-refractivity contribution in [2.75, 3.05) is 17.1 Å². The molecule has 1 unspecified atom stereocenters. The molecule has 0 aliphatic rings. The van der Waals surface area contributed by atoms with Crippen LogP contribution in [0.4, 0.5) is 5.69 Å². The molecule has 1 N–H and O–H groups in total. The van der Waals surface area contributed by atoms with Crippen LogP contribution >= 0.6 is 11.6 Å². The molecule has 8 nitrogen and oxygen atoms in total. The fourth-order valence-electron chi connectivity index (χ4n) is 4.21. The van der Waals surface area contributed by atoms with Crippen LogP contribution in [0.5, 0.6) is 0 Å². The van der Waals surface area contributed by atoms with E-state index in [0.29, 0.717) is 10.6 Å². The quantitative estimate of drug-likeness (QED) is 0.317. The van der Waals surface area contributed by atoms with Gasteiger partial charge in [-0.15, -0.1) is 0 Å². The number of nitrogens with zero attached hydrogens (tertiary/aromatic N) is 2. The molecule has 2 amide bonds. The molecule has 3 rings (SSSR count). The maximum atomic E-state index is 14.0. The van der Waals surface area contributed by atoms with Gasteiger partial charge in [0.05, 0.1) is 11.9 Å². The molecule has 0 saturated carbocycles. The molecular formula is C30H34ClN3O5S. The van der Waals surface area contributed by atoms with Crippen molar-refractivity contribution < 1.29 is 22.8 Å². The summed E-state index contributed by atoms with van der Waals surface area (Å²) >= 11 is 6.07. The second-order valence-electron chi connectivity index (χ2n) is 9.89. The summed E-state index contributed by atoms with van der Waals surface area (Å²) in [4.78, 5) is 40.9.